The van der Waals surface area contributed by atoms with E-state index in [4.69, 9.17) is 4.42 Å². The zero-order chi connectivity index (χ0) is 17.6. The van der Waals surface area contributed by atoms with Crippen molar-refractivity contribution >= 4 is 22.6 Å². The van der Waals surface area contributed by atoms with Gasteiger partial charge >= 0.3 is 0 Å². The first-order valence-electron chi connectivity index (χ1n) is 8.91. The van der Waals surface area contributed by atoms with Gasteiger partial charge in [-0.15, -0.1) is 0 Å². The maximum Gasteiger partial charge on any atom is 0.228 e. The molecule has 0 spiro atoms. The average Bonchev–Trinajstić information content (AvgIpc) is 3.15. The van der Waals surface area contributed by atoms with Gasteiger partial charge in [-0.2, -0.15) is 0 Å². The first-order chi connectivity index (χ1) is 12.0. The van der Waals surface area contributed by atoms with Crippen molar-refractivity contribution in [1.82, 2.24) is 0 Å². The van der Waals surface area contributed by atoms with E-state index in [0.29, 0.717) is 6.42 Å². The molecule has 2 aromatic carbocycles. The zero-order valence-corrected chi connectivity index (χ0v) is 15.0. The van der Waals surface area contributed by atoms with Crippen LogP contribution < -0.4 is 5.32 Å². The number of carbonyl (C=O) groups is 1. The standard InChI is InChI=1S/C22H23NO2/c1-13-7-14(2)22(15(3)8-13)23-21(24)11-18-12-25-20-10-17-6-4-5-16(17)9-19(18)20/h7-10,12H,4-6,11H2,1-3H3,(H,23,24). The van der Waals surface area contributed by atoms with Crippen LogP contribution in [0.5, 0.6) is 0 Å². The predicted molar refractivity (Wildman–Crippen MR) is 101 cm³/mol. The van der Waals surface area contributed by atoms with Gasteiger partial charge in [-0.3, -0.25) is 4.79 Å². The molecule has 3 nitrogen and oxygen atoms in total. The van der Waals surface area contributed by atoms with E-state index in [1.807, 2.05) is 13.8 Å². The Morgan fingerprint density at radius 1 is 1.04 bits per heavy atom. The van der Waals surface area contributed by atoms with Crippen LogP contribution >= 0.6 is 0 Å². The first kappa shape index (κ1) is 15.9. The largest absolute Gasteiger partial charge is 0.464 e. The lowest BCUT2D eigenvalue weighted by Gasteiger charge is -2.12. The molecule has 0 atom stereocenters. The maximum absolute atomic E-state index is 12.6. The number of nitrogens with one attached hydrogen (secondary N) is 1. The van der Waals surface area contributed by atoms with Gasteiger partial charge in [0.25, 0.3) is 0 Å². The van der Waals surface area contributed by atoms with E-state index in [1.54, 1.807) is 6.26 Å². The lowest BCUT2D eigenvalue weighted by molar-refractivity contribution is -0.115. The Hall–Kier alpha value is -2.55. The van der Waals surface area contributed by atoms with Gasteiger partial charge in [0.15, 0.2) is 0 Å². The minimum absolute atomic E-state index is 0.00162. The third-order valence-corrected chi connectivity index (χ3v) is 5.16. The summed E-state index contributed by atoms with van der Waals surface area (Å²) in [5, 5.41) is 4.16. The highest BCUT2D eigenvalue weighted by molar-refractivity contribution is 5.96. The first-order valence-corrected chi connectivity index (χ1v) is 8.91. The maximum atomic E-state index is 12.6. The van der Waals surface area contributed by atoms with Crippen LogP contribution in [0.2, 0.25) is 0 Å². The molecular formula is C22H23NO2. The number of carbonyl (C=O) groups excluding carboxylic acids is 1. The summed E-state index contributed by atoms with van der Waals surface area (Å²) < 4.78 is 5.71. The van der Waals surface area contributed by atoms with Crippen LogP contribution in [0.4, 0.5) is 5.69 Å². The van der Waals surface area contributed by atoms with Gasteiger partial charge in [-0.05, 0) is 74.4 Å². The molecule has 3 heteroatoms. The molecule has 3 aromatic rings. The average molecular weight is 333 g/mol. The van der Waals surface area contributed by atoms with Crippen molar-refractivity contribution in [1.29, 1.82) is 0 Å². The third kappa shape index (κ3) is 2.95. The second-order valence-electron chi connectivity index (χ2n) is 7.23. The molecule has 0 unspecified atom stereocenters. The van der Waals surface area contributed by atoms with E-state index in [-0.39, 0.29) is 5.91 Å². The number of furan rings is 1. The Bertz CT molecular complexity index is 958. The Balaban J connectivity index is 1.58. The number of benzene rings is 2. The van der Waals surface area contributed by atoms with E-state index in [2.05, 4.69) is 36.5 Å². The van der Waals surface area contributed by atoms with Crippen LogP contribution in [-0.2, 0) is 24.1 Å². The fraction of sp³-hybridized carbons (Fsp3) is 0.318. The van der Waals surface area contributed by atoms with Gasteiger partial charge < -0.3 is 9.73 Å². The van der Waals surface area contributed by atoms with Crippen LogP contribution in [0.1, 0.15) is 39.8 Å². The minimum atomic E-state index is -0.00162. The Labute approximate surface area is 148 Å². The molecule has 1 N–H and O–H groups in total. The van der Waals surface area contributed by atoms with Crippen molar-refractivity contribution in [3.63, 3.8) is 0 Å². The van der Waals surface area contributed by atoms with Crippen molar-refractivity contribution in [3.05, 3.63) is 63.9 Å². The van der Waals surface area contributed by atoms with Crippen molar-refractivity contribution in [2.45, 2.75) is 46.5 Å². The lowest BCUT2D eigenvalue weighted by atomic mass is 10.0. The number of rotatable bonds is 3. The number of aryl methyl sites for hydroxylation is 5. The van der Waals surface area contributed by atoms with Gasteiger partial charge in [-0.25, -0.2) is 0 Å². The fourth-order valence-electron chi connectivity index (χ4n) is 4.02. The summed E-state index contributed by atoms with van der Waals surface area (Å²) in [5.41, 5.74) is 8.98. The molecule has 1 aromatic heterocycles. The summed E-state index contributed by atoms with van der Waals surface area (Å²) in [4.78, 5) is 12.6. The molecular weight excluding hydrogens is 310 g/mol. The van der Waals surface area contributed by atoms with Crippen LogP contribution in [0.15, 0.2) is 34.9 Å². The number of fused-ring (bicyclic) bond motifs is 2. The van der Waals surface area contributed by atoms with Crippen molar-refractivity contribution in [2.24, 2.45) is 0 Å². The normalized spacial score (nSPS) is 13.2. The summed E-state index contributed by atoms with van der Waals surface area (Å²) in [7, 11) is 0. The number of hydrogen-bond acceptors (Lipinski definition) is 2. The van der Waals surface area contributed by atoms with Gasteiger partial charge in [0.05, 0.1) is 12.7 Å². The SMILES string of the molecule is Cc1cc(C)c(NC(=O)Cc2coc3cc4c(cc23)CCC4)c(C)c1. The summed E-state index contributed by atoms with van der Waals surface area (Å²) in [5.74, 6) is -0.00162. The molecule has 25 heavy (non-hydrogen) atoms. The van der Waals surface area contributed by atoms with E-state index >= 15 is 0 Å². The Morgan fingerprint density at radius 2 is 1.72 bits per heavy atom. The summed E-state index contributed by atoms with van der Waals surface area (Å²) in [6, 6.07) is 8.55. The van der Waals surface area contributed by atoms with Gasteiger partial charge in [0, 0.05) is 16.6 Å². The molecule has 0 saturated heterocycles. The molecule has 0 saturated carbocycles. The number of hydrogen-bond donors (Lipinski definition) is 1. The highest BCUT2D eigenvalue weighted by Gasteiger charge is 2.17. The van der Waals surface area contributed by atoms with Crippen molar-refractivity contribution in [2.75, 3.05) is 5.32 Å². The van der Waals surface area contributed by atoms with Gasteiger partial charge in [-0.1, -0.05) is 17.7 Å². The topological polar surface area (TPSA) is 42.2 Å². The number of amides is 1. The van der Waals surface area contributed by atoms with Crippen LogP contribution in [0, 0.1) is 20.8 Å². The van der Waals surface area contributed by atoms with Crippen LogP contribution in [-0.4, -0.2) is 5.91 Å². The van der Waals surface area contributed by atoms with Gasteiger partial charge in [0.2, 0.25) is 5.91 Å². The minimum Gasteiger partial charge on any atom is -0.464 e. The third-order valence-electron chi connectivity index (χ3n) is 5.16. The molecule has 0 bridgehead atoms. The molecule has 128 valence electrons. The second-order valence-corrected chi connectivity index (χ2v) is 7.23. The van der Waals surface area contributed by atoms with Crippen molar-refractivity contribution < 1.29 is 9.21 Å². The summed E-state index contributed by atoms with van der Waals surface area (Å²) in [6.45, 7) is 6.14. The molecule has 1 aliphatic carbocycles. The highest BCUT2D eigenvalue weighted by atomic mass is 16.3. The Kier molecular flexibility index (Phi) is 3.87. The summed E-state index contributed by atoms with van der Waals surface area (Å²) in [6.07, 6.45) is 5.54. The van der Waals surface area contributed by atoms with Crippen LogP contribution in [0.3, 0.4) is 0 Å². The van der Waals surface area contributed by atoms with E-state index in [9.17, 15) is 4.79 Å². The predicted octanol–water partition coefficient (Wildman–Crippen LogP) is 5.03. The molecule has 1 heterocycles. The van der Waals surface area contributed by atoms with Gasteiger partial charge in [0.1, 0.15) is 5.58 Å². The van der Waals surface area contributed by atoms with E-state index < -0.39 is 0 Å². The Morgan fingerprint density at radius 3 is 2.44 bits per heavy atom. The summed E-state index contributed by atoms with van der Waals surface area (Å²) >= 11 is 0. The van der Waals surface area contributed by atoms with Crippen molar-refractivity contribution in [3.8, 4) is 0 Å². The smallest absolute Gasteiger partial charge is 0.228 e. The number of anilines is 1. The molecule has 4 rings (SSSR count). The van der Waals surface area contributed by atoms with E-state index in [0.717, 1.165) is 46.2 Å². The molecule has 1 aliphatic rings. The van der Waals surface area contributed by atoms with E-state index in [1.165, 1.54) is 23.1 Å². The zero-order valence-electron chi connectivity index (χ0n) is 15.0. The molecule has 0 radical (unpaired) electrons. The van der Waals surface area contributed by atoms with Crippen LogP contribution in [0.25, 0.3) is 11.0 Å². The monoisotopic (exact) mass is 333 g/mol. The molecule has 0 fully saturated rings. The second kappa shape index (κ2) is 6.07. The molecule has 0 aliphatic heterocycles. The lowest BCUT2D eigenvalue weighted by Crippen LogP contribution is -2.16. The fourth-order valence-corrected chi connectivity index (χ4v) is 4.02. The highest BCUT2D eigenvalue weighted by Crippen LogP contribution is 2.31. The molecule has 1 amide bonds. The quantitative estimate of drug-likeness (QED) is 0.730.